The zero-order valence-corrected chi connectivity index (χ0v) is 12.9. The molecule has 2 rings (SSSR count). The number of amides is 1. The van der Waals surface area contributed by atoms with Crippen LogP contribution in [0.5, 0.6) is 11.5 Å². The number of nitrogens with zero attached hydrogens (tertiary/aromatic N) is 2. The standard InChI is InChI=1S/C15H19N3O3/c1-9-14(10(2)18(3)17-9)15(19)16-11-6-7-12(20-4)13(8-11)21-5/h6-8H,1-5H3,(H,16,19). The molecule has 0 bridgehead atoms. The van der Waals surface area contributed by atoms with Crippen molar-refractivity contribution in [1.82, 2.24) is 9.78 Å². The van der Waals surface area contributed by atoms with Gasteiger partial charge in [0, 0.05) is 24.5 Å². The quantitative estimate of drug-likeness (QED) is 0.938. The summed E-state index contributed by atoms with van der Waals surface area (Å²) in [5, 5.41) is 7.10. The number of aryl methyl sites for hydroxylation is 2. The maximum absolute atomic E-state index is 12.4. The van der Waals surface area contributed by atoms with E-state index in [4.69, 9.17) is 9.47 Å². The van der Waals surface area contributed by atoms with Crippen molar-refractivity contribution in [3.05, 3.63) is 35.2 Å². The smallest absolute Gasteiger partial charge is 0.259 e. The fourth-order valence-corrected chi connectivity index (χ4v) is 2.21. The molecule has 0 radical (unpaired) electrons. The summed E-state index contributed by atoms with van der Waals surface area (Å²) in [6.45, 7) is 3.68. The van der Waals surface area contributed by atoms with Crippen LogP contribution in [0.4, 0.5) is 5.69 Å². The van der Waals surface area contributed by atoms with E-state index < -0.39 is 0 Å². The summed E-state index contributed by atoms with van der Waals surface area (Å²) >= 11 is 0. The van der Waals surface area contributed by atoms with Gasteiger partial charge in [-0.1, -0.05) is 0 Å². The van der Waals surface area contributed by atoms with Gasteiger partial charge in [-0.25, -0.2) is 0 Å². The molecule has 0 unspecified atom stereocenters. The molecule has 1 heterocycles. The highest BCUT2D eigenvalue weighted by atomic mass is 16.5. The molecule has 6 heteroatoms. The number of carbonyl (C=O) groups excluding carboxylic acids is 1. The van der Waals surface area contributed by atoms with Gasteiger partial charge in [-0.15, -0.1) is 0 Å². The lowest BCUT2D eigenvalue weighted by Crippen LogP contribution is -2.14. The molecule has 1 N–H and O–H groups in total. The van der Waals surface area contributed by atoms with E-state index in [1.54, 1.807) is 37.1 Å². The van der Waals surface area contributed by atoms with Gasteiger partial charge >= 0.3 is 0 Å². The van der Waals surface area contributed by atoms with Crippen LogP contribution in [0.2, 0.25) is 0 Å². The Morgan fingerprint density at radius 2 is 1.86 bits per heavy atom. The van der Waals surface area contributed by atoms with E-state index in [0.717, 1.165) is 5.69 Å². The third kappa shape index (κ3) is 2.84. The molecule has 0 atom stereocenters. The lowest BCUT2D eigenvalue weighted by Gasteiger charge is -2.10. The van der Waals surface area contributed by atoms with Crippen molar-refractivity contribution >= 4 is 11.6 Å². The Morgan fingerprint density at radius 1 is 1.19 bits per heavy atom. The summed E-state index contributed by atoms with van der Waals surface area (Å²) in [6.07, 6.45) is 0. The monoisotopic (exact) mass is 289 g/mol. The number of methoxy groups -OCH3 is 2. The van der Waals surface area contributed by atoms with Crippen LogP contribution in [0.25, 0.3) is 0 Å². The highest BCUT2D eigenvalue weighted by Crippen LogP contribution is 2.30. The Hall–Kier alpha value is -2.50. The molecule has 0 saturated carbocycles. The second-order valence-electron chi connectivity index (χ2n) is 4.69. The Labute approximate surface area is 123 Å². The summed E-state index contributed by atoms with van der Waals surface area (Å²) in [6, 6.07) is 5.23. The summed E-state index contributed by atoms with van der Waals surface area (Å²) in [5.74, 6) is 0.990. The molecule has 112 valence electrons. The second kappa shape index (κ2) is 5.87. The molecule has 2 aromatic rings. The van der Waals surface area contributed by atoms with Gasteiger partial charge in [0.05, 0.1) is 25.5 Å². The SMILES string of the molecule is COc1ccc(NC(=O)c2c(C)nn(C)c2C)cc1OC. The van der Waals surface area contributed by atoms with E-state index in [0.29, 0.717) is 28.4 Å². The molecule has 0 aliphatic carbocycles. The first-order valence-corrected chi connectivity index (χ1v) is 6.51. The molecule has 0 fully saturated rings. The van der Waals surface area contributed by atoms with Crippen molar-refractivity contribution in [2.75, 3.05) is 19.5 Å². The summed E-state index contributed by atoms with van der Waals surface area (Å²) in [7, 11) is 4.94. The van der Waals surface area contributed by atoms with E-state index in [2.05, 4.69) is 10.4 Å². The van der Waals surface area contributed by atoms with Crippen molar-refractivity contribution in [1.29, 1.82) is 0 Å². The predicted octanol–water partition coefficient (Wildman–Crippen LogP) is 2.31. The number of rotatable bonds is 4. The Morgan fingerprint density at radius 3 is 2.38 bits per heavy atom. The summed E-state index contributed by atoms with van der Waals surface area (Å²) < 4.78 is 12.1. The Bertz CT molecular complexity index is 677. The lowest BCUT2D eigenvalue weighted by molar-refractivity contribution is 0.102. The third-order valence-corrected chi connectivity index (χ3v) is 3.38. The van der Waals surface area contributed by atoms with Gasteiger partial charge in [-0.3, -0.25) is 9.48 Å². The molecule has 1 amide bonds. The lowest BCUT2D eigenvalue weighted by atomic mass is 10.1. The fourth-order valence-electron chi connectivity index (χ4n) is 2.21. The first kappa shape index (κ1) is 14.9. The minimum atomic E-state index is -0.190. The van der Waals surface area contributed by atoms with E-state index in [9.17, 15) is 4.79 Å². The van der Waals surface area contributed by atoms with Crippen LogP contribution in [0.15, 0.2) is 18.2 Å². The van der Waals surface area contributed by atoms with E-state index >= 15 is 0 Å². The minimum absolute atomic E-state index is 0.190. The molecule has 0 saturated heterocycles. The van der Waals surface area contributed by atoms with Crippen molar-refractivity contribution in [3.63, 3.8) is 0 Å². The second-order valence-corrected chi connectivity index (χ2v) is 4.69. The Kier molecular flexibility index (Phi) is 4.16. The molecule has 1 aromatic carbocycles. The average molecular weight is 289 g/mol. The third-order valence-electron chi connectivity index (χ3n) is 3.38. The molecule has 1 aromatic heterocycles. The molecular formula is C15H19N3O3. The van der Waals surface area contributed by atoms with Crippen LogP contribution in [-0.4, -0.2) is 29.9 Å². The maximum atomic E-state index is 12.4. The summed E-state index contributed by atoms with van der Waals surface area (Å²) in [5.41, 5.74) is 2.76. The van der Waals surface area contributed by atoms with E-state index in [1.165, 1.54) is 0 Å². The number of anilines is 1. The molecular weight excluding hydrogens is 270 g/mol. The van der Waals surface area contributed by atoms with Gasteiger partial charge < -0.3 is 14.8 Å². The highest BCUT2D eigenvalue weighted by molar-refractivity contribution is 6.06. The number of nitrogens with one attached hydrogen (secondary N) is 1. The maximum Gasteiger partial charge on any atom is 0.259 e. The largest absolute Gasteiger partial charge is 0.493 e. The average Bonchev–Trinajstić information content (AvgIpc) is 2.71. The van der Waals surface area contributed by atoms with E-state index in [-0.39, 0.29) is 5.91 Å². The van der Waals surface area contributed by atoms with Gasteiger partial charge in [0.2, 0.25) is 0 Å². The van der Waals surface area contributed by atoms with Crippen molar-refractivity contribution < 1.29 is 14.3 Å². The normalized spacial score (nSPS) is 10.3. The summed E-state index contributed by atoms with van der Waals surface area (Å²) in [4.78, 5) is 12.4. The molecule has 6 nitrogen and oxygen atoms in total. The van der Waals surface area contributed by atoms with Gasteiger partial charge in [0.15, 0.2) is 11.5 Å². The number of aromatic nitrogens is 2. The van der Waals surface area contributed by atoms with Crippen LogP contribution in [0, 0.1) is 13.8 Å². The topological polar surface area (TPSA) is 65.4 Å². The van der Waals surface area contributed by atoms with Crippen molar-refractivity contribution in [2.45, 2.75) is 13.8 Å². The van der Waals surface area contributed by atoms with Gasteiger partial charge in [0.1, 0.15) is 0 Å². The molecule has 0 aliphatic heterocycles. The Balaban J connectivity index is 2.27. The fraction of sp³-hybridized carbons (Fsp3) is 0.333. The number of hydrogen-bond acceptors (Lipinski definition) is 4. The van der Waals surface area contributed by atoms with Crippen LogP contribution in [0.3, 0.4) is 0 Å². The zero-order chi connectivity index (χ0) is 15.6. The van der Waals surface area contributed by atoms with Crippen LogP contribution in [0.1, 0.15) is 21.7 Å². The van der Waals surface area contributed by atoms with Crippen LogP contribution >= 0.6 is 0 Å². The minimum Gasteiger partial charge on any atom is -0.493 e. The van der Waals surface area contributed by atoms with Crippen LogP contribution < -0.4 is 14.8 Å². The number of carbonyl (C=O) groups is 1. The van der Waals surface area contributed by atoms with E-state index in [1.807, 2.05) is 20.9 Å². The first-order valence-electron chi connectivity index (χ1n) is 6.51. The number of hydrogen-bond donors (Lipinski definition) is 1. The molecule has 21 heavy (non-hydrogen) atoms. The first-order chi connectivity index (χ1) is 9.97. The molecule has 0 aliphatic rings. The van der Waals surface area contributed by atoms with Gasteiger partial charge in [-0.2, -0.15) is 5.10 Å². The zero-order valence-electron chi connectivity index (χ0n) is 12.9. The van der Waals surface area contributed by atoms with Gasteiger partial charge in [0.25, 0.3) is 5.91 Å². The number of benzene rings is 1. The molecule has 0 spiro atoms. The predicted molar refractivity (Wildman–Crippen MR) is 80.2 cm³/mol. The van der Waals surface area contributed by atoms with Crippen molar-refractivity contribution in [2.24, 2.45) is 7.05 Å². The van der Waals surface area contributed by atoms with Crippen LogP contribution in [-0.2, 0) is 7.05 Å². The number of ether oxygens (including phenoxy) is 2. The highest BCUT2D eigenvalue weighted by Gasteiger charge is 2.17. The van der Waals surface area contributed by atoms with Crippen molar-refractivity contribution in [3.8, 4) is 11.5 Å². The van der Waals surface area contributed by atoms with Gasteiger partial charge in [-0.05, 0) is 26.0 Å².